The Balaban J connectivity index is 2.38. The molecule has 0 aromatic heterocycles. The van der Waals surface area contributed by atoms with Gasteiger partial charge >= 0.3 is 0 Å². The van der Waals surface area contributed by atoms with Crippen LogP contribution >= 0.6 is 0 Å². The van der Waals surface area contributed by atoms with Crippen LogP contribution in [0.1, 0.15) is 12.5 Å². The summed E-state index contributed by atoms with van der Waals surface area (Å²) >= 11 is 0. The Bertz CT molecular complexity index is 287. The SMILES string of the molecule is CC(OCc1ccccc1)C(=O)NN. The molecular formula is C10H14N2O2. The molecule has 3 N–H and O–H groups in total. The van der Waals surface area contributed by atoms with E-state index >= 15 is 0 Å². The van der Waals surface area contributed by atoms with Crippen molar-refractivity contribution in [2.24, 2.45) is 5.84 Å². The van der Waals surface area contributed by atoms with Crippen LogP contribution in [-0.2, 0) is 16.1 Å². The number of carbonyl (C=O) groups excluding carboxylic acids is 1. The Morgan fingerprint density at radius 1 is 1.50 bits per heavy atom. The zero-order valence-corrected chi connectivity index (χ0v) is 8.07. The van der Waals surface area contributed by atoms with E-state index in [1.807, 2.05) is 35.8 Å². The van der Waals surface area contributed by atoms with E-state index in [9.17, 15) is 4.79 Å². The van der Waals surface area contributed by atoms with Crippen molar-refractivity contribution >= 4 is 5.91 Å². The molecule has 0 radical (unpaired) electrons. The molecule has 0 fully saturated rings. The molecule has 14 heavy (non-hydrogen) atoms. The molecule has 4 heteroatoms. The highest BCUT2D eigenvalue weighted by Gasteiger charge is 2.10. The second-order valence-electron chi connectivity index (χ2n) is 2.95. The van der Waals surface area contributed by atoms with E-state index in [0.717, 1.165) is 5.56 Å². The molecule has 0 spiro atoms. The van der Waals surface area contributed by atoms with Crippen LogP contribution in [0.2, 0.25) is 0 Å². The third kappa shape index (κ3) is 3.16. The summed E-state index contributed by atoms with van der Waals surface area (Å²) in [5.41, 5.74) is 3.07. The van der Waals surface area contributed by atoms with Crippen molar-refractivity contribution in [1.82, 2.24) is 5.43 Å². The summed E-state index contributed by atoms with van der Waals surface area (Å²) in [7, 11) is 0. The van der Waals surface area contributed by atoms with Gasteiger partial charge in [0.15, 0.2) is 0 Å². The Morgan fingerprint density at radius 2 is 2.14 bits per heavy atom. The first kappa shape index (κ1) is 10.7. The third-order valence-corrected chi connectivity index (χ3v) is 1.85. The van der Waals surface area contributed by atoms with Crippen molar-refractivity contribution in [2.45, 2.75) is 19.6 Å². The second kappa shape index (κ2) is 5.36. The summed E-state index contributed by atoms with van der Waals surface area (Å²) in [5.74, 6) is 4.64. The molecule has 1 aromatic carbocycles. The van der Waals surface area contributed by atoms with Gasteiger partial charge in [0.25, 0.3) is 5.91 Å². The van der Waals surface area contributed by atoms with Gasteiger partial charge < -0.3 is 4.74 Å². The summed E-state index contributed by atoms with van der Waals surface area (Å²) in [6.45, 7) is 2.07. The van der Waals surface area contributed by atoms with Crippen LogP contribution in [0.3, 0.4) is 0 Å². The van der Waals surface area contributed by atoms with Gasteiger partial charge in [0.05, 0.1) is 6.61 Å². The first-order valence-electron chi connectivity index (χ1n) is 4.40. The number of hydrogen-bond donors (Lipinski definition) is 2. The lowest BCUT2D eigenvalue weighted by molar-refractivity contribution is -0.132. The molecule has 0 aliphatic rings. The van der Waals surface area contributed by atoms with Gasteiger partial charge in [-0.15, -0.1) is 0 Å². The van der Waals surface area contributed by atoms with Crippen molar-refractivity contribution in [3.8, 4) is 0 Å². The predicted octanol–water partition coefficient (Wildman–Crippen LogP) is 0.582. The zero-order valence-electron chi connectivity index (χ0n) is 8.07. The van der Waals surface area contributed by atoms with Crippen molar-refractivity contribution in [3.05, 3.63) is 35.9 Å². The highest BCUT2D eigenvalue weighted by atomic mass is 16.5. The number of hydrazine groups is 1. The lowest BCUT2D eigenvalue weighted by atomic mass is 10.2. The summed E-state index contributed by atoms with van der Waals surface area (Å²) in [6, 6.07) is 9.65. The van der Waals surface area contributed by atoms with E-state index < -0.39 is 6.10 Å². The van der Waals surface area contributed by atoms with E-state index in [1.165, 1.54) is 0 Å². The minimum atomic E-state index is -0.528. The lowest BCUT2D eigenvalue weighted by Crippen LogP contribution is -2.38. The summed E-state index contributed by atoms with van der Waals surface area (Å²) in [5, 5.41) is 0. The first-order valence-corrected chi connectivity index (χ1v) is 4.40. The molecule has 1 aromatic rings. The molecule has 1 amide bonds. The average Bonchev–Trinajstić information content (AvgIpc) is 2.26. The van der Waals surface area contributed by atoms with Crippen LogP contribution in [0.25, 0.3) is 0 Å². The summed E-state index contributed by atoms with van der Waals surface area (Å²) < 4.78 is 5.29. The normalized spacial score (nSPS) is 12.1. The highest BCUT2D eigenvalue weighted by molar-refractivity contribution is 5.79. The maximum Gasteiger partial charge on any atom is 0.262 e. The predicted molar refractivity (Wildman–Crippen MR) is 53.0 cm³/mol. The molecule has 0 aliphatic carbocycles. The lowest BCUT2D eigenvalue weighted by Gasteiger charge is -2.10. The van der Waals surface area contributed by atoms with Gasteiger partial charge in [0.2, 0.25) is 0 Å². The molecule has 4 nitrogen and oxygen atoms in total. The number of nitrogens with two attached hydrogens (primary N) is 1. The summed E-state index contributed by atoms with van der Waals surface area (Å²) in [4.78, 5) is 11.0. The maximum absolute atomic E-state index is 11.0. The maximum atomic E-state index is 11.0. The van der Waals surface area contributed by atoms with E-state index in [0.29, 0.717) is 6.61 Å². The number of ether oxygens (including phenoxy) is 1. The van der Waals surface area contributed by atoms with E-state index in [2.05, 4.69) is 0 Å². The topological polar surface area (TPSA) is 64.3 Å². The second-order valence-corrected chi connectivity index (χ2v) is 2.95. The van der Waals surface area contributed by atoms with Crippen molar-refractivity contribution in [1.29, 1.82) is 0 Å². The van der Waals surface area contributed by atoms with E-state index in [4.69, 9.17) is 10.6 Å². The average molecular weight is 194 g/mol. The van der Waals surface area contributed by atoms with Crippen LogP contribution in [0.15, 0.2) is 30.3 Å². The fourth-order valence-electron chi connectivity index (χ4n) is 0.989. The largest absolute Gasteiger partial charge is 0.364 e. The van der Waals surface area contributed by atoms with Gasteiger partial charge in [-0.3, -0.25) is 10.2 Å². The molecule has 76 valence electrons. The number of carbonyl (C=O) groups is 1. The van der Waals surface area contributed by atoms with E-state index in [-0.39, 0.29) is 5.91 Å². The number of rotatable bonds is 4. The Hall–Kier alpha value is -1.39. The van der Waals surface area contributed by atoms with Gasteiger partial charge in [0, 0.05) is 0 Å². The van der Waals surface area contributed by atoms with Gasteiger partial charge in [-0.1, -0.05) is 30.3 Å². The Kier molecular flexibility index (Phi) is 4.10. The van der Waals surface area contributed by atoms with Crippen LogP contribution in [0.5, 0.6) is 0 Å². The van der Waals surface area contributed by atoms with Gasteiger partial charge in [-0.25, -0.2) is 5.84 Å². The molecule has 0 bridgehead atoms. The minimum absolute atomic E-state index is 0.319. The molecule has 1 atom stereocenters. The van der Waals surface area contributed by atoms with Crippen LogP contribution in [0.4, 0.5) is 0 Å². The third-order valence-electron chi connectivity index (χ3n) is 1.85. The van der Waals surface area contributed by atoms with Crippen LogP contribution < -0.4 is 11.3 Å². The van der Waals surface area contributed by atoms with Gasteiger partial charge in [-0.2, -0.15) is 0 Å². The standard InChI is InChI=1S/C10H14N2O2/c1-8(10(13)12-11)14-7-9-5-3-2-4-6-9/h2-6,8H,7,11H2,1H3,(H,12,13). The highest BCUT2D eigenvalue weighted by Crippen LogP contribution is 2.02. The van der Waals surface area contributed by atoms with Crippen LogP contribution in [-0.4, -0.2) is 12.0 Å². The molecule has 0 saturated carbocycles. The van der Waals surface area contributed by atoms with Crippen molar-refractivity contribution in [3.63, 3.8) is 0 Å². The molecule has 1 unspecified atom stereocenters. The van der Waals surface area contributed by atoms with Crippen molar-refractivity contribution in [2.75, 3.05) is 0 Å². The molecule has 1 rings (SSSR count). The summed E-state index contributed by atoms with van der Waals surface area (Å²) in [6.07, 6.45) is -0.528. The molecule has 0 heterocycles. The molecule has 0 aliphatic heterocycles. The van der Waals surface area contributed by atoms with Gasteiger partial charge in [0.1, 0.15) is 6.10 Å². The zero-order chi connectivity index (χ0) is 10.4. The number of hydrogen-bond acceptors (Lipinski definition) is 3. The Morgan fingerprint density at radius 3 is 2.71 bits per heavy atom. The number of amides is 1. The number of nitrogens with one attached hydrogen (secondary N) is 1. The fourth-order valence-corrected chi connectivity index (χ4v) is 0.989. The van der Waals surface area contributed by atoms with E-state index in [1.54, 1.807) is 6.92 Å². The monoisotopic (exact) mass is 194 g/mol. The Labute approximate surface area is 83.0 Å². The smallest absolute Gasteiger partial charge is 0.262 e. The van der Waals surface area contributed by atoms with Crippen molar-refractivity contribution < 1.29 is 9.53 Å². The van der Waals surface area contributed by atoms with Crippen LogP contribution in [0, 0.1) is 0 Å². The quantitative estimate of drug-likeness (QED) is 0.418. The fraction of sp³-hybridized carbons (Fsp3) is 0.300. The molecule has 0 saturated heterocycles. The number of benzene rings is 1. The van der Waals surface area contributed by atoms with Gasteiger partial charge in [-0.05, 0) is 12.5 Å². The first-order chi connectivity index (χ1) is 6.74. The molecular weight excluding hydrogens is 180 g/mol. The minimum Gasteiger partial charge on any atom is -0.364 e.